The molecule has 0 spiro atoms. The largest absolute Gasteiger partial charge is 0.464 e. The first-order chi connectivity index (χ1) is 6.72. The molecule has 5 heteroatoms. The van der Waals surface area contributed by atoms with Gasteiger partial charge in [0, 0.05) is 6.20 Å². The highest BCUT2D eigenvalue weighted by Gasteiger charge is 2.10. The minimum atomic E-state index is -0.412. The second-order valence-corrected chi connectivity index (χ2v) is 3.80. The highest BCUT2D eigenvalue weighted by Crippen LogP contribution is 2.11. The number of rotatable bonds is 1. The summed E-state index contributed by atoms with van der Waals surface area (Å²) in [6.45, 7) is 0. The Labute approximate surface area is 94.0 Å². The van der Waals surface area contributed by atoms with Gasteiger partial charge in [0.15, 0.2) is 5.69 Å². The van der Waals surface area contributed by atoms with Crippen molar-refractivity contribution in [1.82, 2.24) is 9.38 Å². The van der Waals surface area contributed by atoms with Gasteiger partial charge in [-0.1, -0.05) is 6.07 Å². The van der Waals surface area contributed by atoms with Crippen molar-refractivity contribution >= 4 is 34.2 Å². The van der Waals surface area contributed by atoms with Crippen LogP contribution in [0.1, 0.15) is 10.5 Å². The molecular formula is C9H7IN2O2. The number of nitrogens with zero attached hydrogens (tertiary/aromatic N) is 2. The molecule has 0 aliphatic heterocycles. The van der Waals surface area contributed by atoms with Gasteiger partial charge >= 0.3 is 5.97 Å². The van der Waals surface area contributed by atoms with Gasteiger partial charge < -0.3 is 4.74 Å². The molecule has 0 saturated carbocycles. The van der Waals surface area contributed by atoms with Crippen LogP contribution in [0.4, 0.5) is 0 Å². The van der Waals surface area contributed by atoms with Crippen LogP contribution in [0.15, 0.2) is 24.4 Å². The first kappa shape index (κ1) is 9.45. The number of carbonyl (C=O) groups excluding carboxylic acids is 1. The average molecular weight is 302 g/mol. The molecule has 0 unspecified atom stereocenters. The van der Waals surface area contributed by atoms with Gasteiger partial charge in [-0.2, -0.15) is 0 Å². The first-order valence-electron chi connectivity index (χ1n) is 3.94. The van der Waals surface area contributed by atoms with E-state index in [0.717, 1.165) is 9.35 Å². The van der Waals surface area contributed by atoms with Crippen LogP contribution in [0.25, 0.3) is 5.65 Å². The summed E-state index contributed by atoms with van der Waals surface area (Å²) >= 11 is 2.18. The number of hydrogen-bond acceptors (Lipinski definition) is 3. The fourth-order valence-electron chi connectivity index (χ4n) is 1.18. The van der Waals surface area contributed by atoms with E-state index in [1.165, 1.54) is 7.11 Å². The summed E-state index contributed by atoms with van der Waals surface area (Å²) in [6.07, 6.45) is 1.67. The molecule has 0 aliphatic carbocycles. The van der Waals surface area contributed by atoms with Crippen LogP contribution in [-0.2, 0) is 4.74 Å². The summed E-state index contributed by atoms with van der Waals surface area (Å²) in [5.74, 6) is -0.412. The topological polar surface area (TPSA) is 43.6 Å². The van der Waals surface area contributed by atoms with Crippen molar-refractivity contribution in [3.8, 4) is 0 Å². The number of aromatic nitrogens is 2. The Hall–Kier alpha value is -1.11. The summed E-state index contributed by atoms with van der Waals surface area (Å²) in [5, 5.41) is 0. The molecule has 2 rings (SSSR count). The predicted octanol–water partition coefficient (Wildman–Crippen LogP) is 1.73. The van der Waals surface area contributed by atoms with Gasteiger partial charge in [0.25, 0.3) is 0 Å². The number of pyridine rings is 1. The molecule has 2 aromatic heterocycles. The van der Waals surface area contributed by atoms with E-state index in [-0.39, 0.29) is 0 Å². The molecule has 0 atom stereocenters. The van der Waals surface area contributed by atoms with Gasteiger partial charge in [-0.05, 0) is 34.7 Å². The van der Waals surface area contributed by atoms with E-state index in [2.05, 4.69) is 32.3 Å². The second kappa shape index (κ2) is 3.56. The maximum atomic E-state index is 11.2. The summed E-state index contributed by atoms with van der Waals surface area (Å²) in [4.78, 5) is 15.3. The normalized spacial score (nSPS) is 10.4. The van der Waals surface area contributed by atoms with Crippen LogP contribution < -0.4 is 0 Å². The minimum Gasteiger partial charge on any atom is -0.464 e. The summed E-state index contributed by atoms with van der Waals surface area (Å²) < 4.78 is 7.43. The standard InChI is InChI=1S/C9H7IN2O2/c1-14-9(13)6-5-12-7(10)3-2-4-8(12)11-6/h2-5H,1H3. The number of esters is 1. The molecule has 72 valence electrons. The molecule has 0 fully saturated rings. The molecule has 0 N–H and O–H groups in total. The van der Waals surface area contributed by atoms with E-state index in [1.54, 1.807) is 6.20 Å². The zero-order valence-corrected chi connectivity index (χ0v) is 9.56. The molecule has 0 bridgehead atoms. The molecule has 0 radical (unpaired) electrons. The molecule has 0 amide bonds. The van der Waals surface area contributed by atoms with Crippen molar-refractivity contribution in [2.45, 2.75) is 0 Å². The minimum absolute atomic E-state index is 0.330. The van der Waals surface area contributed by atoms with E-state index < -0.39 is 5.97 Å². The summed E-state index contributed by atoms with van der Waals surface area (Å²) in [5.41, 5.74) is 1.08. The van der Waals surface area contributed by atoms with Crippen molar-refractivity contribution in [2.24, 2.45) is 0 Å². The molecule has 0 saturated heterocycles. The Morgan fingerprint density at radius 3 is 3.00 bits per heavy atom. The summed E-state index contributed by atoms with van der Waals surface area (Å²) in [7, 11) is 1.34. The quantitative estimate of drug-likeness (QED) is 0.458. The molecule has 0 aromatic carbocycles. The third-order valence-corrected chi connectivity index (χ3v) is 2.72. The van der Waals surface area contributed by atoms with E-state index in [1.807, 2.05) is 22.6 Å². The van der Waals surface area contributed by atoms with Crippen LogP contribution in [0.3, 0.4) is 0 Å². The Kier molecular flexibility index (Phi) is 2.40. The van der Waals surface area contributed by atoms with Crippen LogP contribution >= 0.6 is 22.6 Å². The van der Waals surface area contributed by atoms with Crippen molar-refractivity contribution < 1.29 is 9.53 Å². The van der Waals surface area contributed by atoms with Crippen molar-refractivity contribution in [1.29, 1.82) is 0 Å². The maximum absolute atomic E-state index is 11.2. The SMILES string of the molecule is COC(=O)c1cn2c(I)cccc2n1. The molecule has 2 aromatic rings. The monoisotopic (exact) mass is 302 g/mol. The van der Waals surface area contributed by atoms with Gasteiger partial charge in [0.2, 0.25) is 0 Å². The van der Waals surface area contributed by atoms with Crippen molar-refractivity contribution in [2.75, 3.05) is 7.11 Å². The summed E-state index contributed by atoms with van der Waals surface area (Å²) in [6, 6.07) is 5.68. The molecule has 0 aliphatic rings. The van der Waals surface area contributed by atoms with E-state index in [4.69, 9.17) is 0 Å². The highest BCUT2D eigenvalue weighted by atomic mass is 127. The van der Waals surface area contributed by atoms with Crippen LogP contribution in [0.2, 0.25) is 0 Å². The van der Waals surface area contributed by atoms with E-state index in [9.17, 15) is 4.79 Å². The third-order valence-electron chi connectivity index (χ3n) is 1.84. The zero-order chi connectivity index (χ0) is 10.1. The van der Waals surface area contributed by atoms with Crippen molar-refractivity contribution in [3.63, 3.8) is 0 Å². The molecule has 4 nitrogen and oxygen atoms in total. The average Bonchev–Trinajstić information content (AvgIpc) is 2.62. The smallest absolute Gasteiger partial charge is 0.358 e. The zero-order valence-electron chi connectivity index (χ0n) is 7.40. The lowest BCUT2D eigenvalue weighted by Crippen LogP contribution is -2.00. The Balaban J connectivity index is 2.62. The lowest BCUT2D eigenvalue weighted by molar-refractivity contribution is 0.0595. The lowest BCUT2D eigenvalue weighted by atomic mass is 10.5. The predicted molar refractivity (Wildman–Crippen MR) is 59.2 cm³/mol. The molecular weight excluding hydrogens is 295 g/mol. The van der Waals surface area contributed by atoms with Crippen LogP contribution in [0.5, 0.6) is 0 Å². The fourth-order valence-corrected chi connectivity index (χ4v) is 1.77. The fraction of sp³-hybridized carbons (Fsp3) is 0.111. The number of methoxy groups -OCH3 is 1. The van der Waals surface area contributed by atoms with Gasteiger partial charge in [0.1, 0.15) is 5.65 Å². The number of hydrogen-bond donors (Lipinski definition) is 0. The van der Waals surface area contributed by atoms with Crippen LogP contribution in [-0.4, -0.2) is 22.5 Å². The van der Waals surface area contributed by atoms with E-state index >= 15 is 0 Å². The Bertz CT molecular complexity index is 493. The highest BCUT2D eigenvalue weighted by molar-refractivity contribution is 14.1. The molecule has 14 heavy (non-hydrogen) atoms. The number of halogens is 1. The lowest BCUT2D eigenvalue weighted by Gasteiger charge is -1.93. The second-order valence-electron chi connectivity index (χ2n) is 2.69. The third kappa shape index (κ3) is 1.47. The van der Waals surface area contributed by atoms with Gasteiger partial charge in [0.05, 0.1) is 10.8 Å². The number of ether oxygens (including phenoxy) is 1. The molecule has 2 heterocycles. The van der Waals surface area contributed by atoms with E-state index in [0.29, 0.717) is 5.69 Å². The number of fused-ring (bicyclic) bond motifs is 1. The van der Waals surface area contributed by atoms with Gasteiger partial charge in [-0.15, -0.1) is 0 Å². The van der Waals surface area contributed by atoms with Crippen LogP contribution in [0, 0.1) is 3.70 Å². The number of carbonyl (C=O) groups is 1. The first-order valence-corrected chi connectivity index (χ1v) is 5.02. The Morgan fingerprint density at radius 2 is 2.36 bits per heavy atom. The number of imidazole rings is 1. The van der Waals surface area contributed by atoms with Gasteiger partial charge in [-0.25, -0.2) is 9.78 Å². The maximum Gasteiger partial charge on any atom is 0.358 e. The Morgan fingerprint density at radius 1 is 1.57 bits per heavy atom. The van der Waals surface area contributed by atoms with Gasteiger partial charge in [-0.3, -0.25) is 4.40 Å². The van der Waals surface area contributed by atoms with Crippen molar-refractivity contribution in [3.05, 3.63) is 33.8 Å².